The van der Waals surface area contributed by atoms with Crippen molar-refractivity contribution in [2.45, 2.75) is 11.3 Å². The number of halogens is 1. The van der Waals surface area contributed by atoms with Crippen LogP contribution in [0.3, 0.4) is 0 Å². The van der Waals surface area contributed by atoms with Gasteiger partial charge in [0.25, 0.3) is 0 Å². The lowest BCUT2D eigenvalue weighted by Crippen LogP contribution is -2.38. The van der Waals surface area contributed by atoms with Gasteiger partial charge in [-0.2, -0.15) is 0 Å². The molecule has 1 fully saturated rings. The average molecular weight is 332 g/mol. The van der Waals surface area contributed by atoms with Crippen LogP contribution in [0.25, 0.3) is 0 Å². The summed E-state index contributed by atoms with van der Waals surface area (Å²) >= 11 is 5.77. The minimum absolute atomic E-state index is 0.0189. The summed E-state index contributed by atoms with van der Waals surface area (Å²) in [5, 5.41) is 6.20. The molecule has 1 aliphatic rings. The van der Waals surface area contributed by atoms with Gasteiger partial charge in [0.2, 0.25) is 15.9 Å². The number of sulfonamides is 1. The Balaban J connectivity index is 1.78. The van der Waals surface area contributed by atoms with Crippen LogP contribution in [0.1, 0.15) is 6.42 Å². The van der Waals surface area contributed by atoms with E-state index >= 15 is 0 Å². The number of carbonyl (C=O) groups excluding carboxylic acids is 1. The number of hydrogen-bond donors (Lipinski definition) is 3. The number of amides is 1. The van der Waals surface area contributed by atoms with Crippen molar-refractivity contribution in [1.82, 2.24) is 15.4 Å². The SMILES string of the molecule is O=C(NCCNS(=O)(=O)c1cccc(Cl)c1)C1CCNC1. The van der Waals surface area contributed by atoms with E-state index in [1.165, 1.54) is 12.1 Å². The molecule has 116 valence electrons. The van der Waals surface area contributed by atoms with Gasteiger partial charge in [-0.3, -0.25) is 4.79 Å². The summed E-state index contributed by atoms with van der Waals surface area (Å²) in [4.78, 5) is 11.9. The second-order valence-electron chi connectivity index (χ2n) is 4.84. The maximum absolute atomic E-state index is 12.0. The number of carbonyl (C=O) groups is 1. The first-order chi connectivity index (χ1) is 9.99. The summed E-state index contributed by atoms with van der Waals surface area (Å²) in [6.45, 7) is 1.93. The van der Waals surface area contributed by atoms with Gasteiger partial charge in [-0.15, -0.1) is 0 Å². The molecule has 21 heavy (non-hydrogen) atoms. The lowest BCUT2D eigenvalue weighted by atomic mass is 10.1. The molecular weight excluding hydrogens is 314 g/mol. The fourth-order valence-corrected chi connectivity index (χ4v) is 3.44. The first kappa shape index (κ1) is 16.2. The molecule has 8 heteroatoms. The second-order valence-corrected chi connectivity index (χ2v) is 7.04. The molecule has 1 saturated heterocycles. The molecule has 1 aliphatic heterocycles. The topological polar surface area (TPSA) is 87.3 Å². The number of hydrogen-bond acceptors (Lipinski definition) is 4. The Morgan fingerprint density at radius 3 is 2.86 bits per heavy atom. The lowest BCUT2D eigenvalue weighted by molar-refractivity contribution is -0.124. The highest BCUT2D eigenvalue weighted by molar-refractivity contribution is 7.89. The van der Waals surface area contributed by atoms with Crippen LogP contribution in [0.5, 0.6) is 0 Å². The van der Waals surface area contributed by atoms with Crippen LogP contribution in [-0.2, 0) is 14.8 Å². The van der Waals surface area contributed by atoms with Gasteiger partial charge in [0.05, 0.1) is 10.8 Å². The van der Waals surface area contributed by atoms with Gasteiger partial charge in [-0.05, 0) is 31.2 Å². The van der Waals surface area contributed by atoms with E-state index in [1.807, 2.05) is 0 Å². The van der Waals surface area contributed by atoms with Crippen LogP contribution in [0, 0.1) is 5.92 Å². The van der Waals surface area contributed by atoms with E-state index in [0.717, 1.165) is 13.0 Å². The summed E-state index contributed by atoms with van der Waals surface area (Å²) in [5.41, 5.74) is 0. The fourth-order valence-electron chi connectivity index (χ4n) is 2.11. The summed E-state index contributed by atoms with van der Waals surface area (Å²) in [7, 11) is -3.60. The van der Waals surface area contributed by atoms with E-state index in [4.69, 9.17) is 11.6 Å². The zero-order valence-corrected chi connectivity index (χ0v) is 13.0. The largest absolute Gasteiger partial charge is 0.355 e. The Bertz CT molecular complexity index is 600. The number of nitrogens with one attached hydrogen (secondary N) is 3. The summed E-state index contributed by atoms with van der Waals surface area (Å²) < 4.78 is 26.4. The van der Waals surface area contributed by atoms with Crippen molar-refractivity contribution < 1.29 is 13.2 Å². The van der Waals surface area contributed by atoms with Crippen LogP contribution >= 0.6 is 11.6 Å². The van der Waals surface area contributed by atoms with Crippen LogP contribution in [-0.4, -0.2) is 40.5 Å². The highest BCUT2D eigenvalue weighted by Gasteiger charge is 2.22. The van der Waals surface area contributed by atoms with Gasteiger partial charge < -0.3 is 10.6 Å². The first-order valence-electron chi connectivity index (χ1n) is 6.73. The molecule has 1 aromatic carbocycles. The molecule has 0 bridgehead atoms. The van der Waals surface area contributed by atoms with Gasteiger partial charge in [-0.1, -0.05) is 17.7 Å². The maximum atomic E-state index is 12.0. The fraction of sp³-hybridized carbons (Fsp3) is 0.462. The maximum Gasteiger partial charge on any atom is 0.240 e. The van der Waals surface area contributed by atoms with Gasteiger partial charge in [0.15, 0.2) is 0 Å². The third-order valence-corrected chi connectivity index (χ3v) is 4.95. The van der Waals surface area contributed by atoms with E-state index in [0.29, 0.717) is 11.6 Å². The second kappa shape index (κ2) is 7.22. The third kappa shape index (κ3) is 4.67. The predicted molar refractivity (Wildman–Crippen MR) is 80.6 cm³/mol. The van der Waals surface area contributed by atoms with E-state index in [2.05, 4.69) is 15.4 Å². The van der Waals surface area contributed by atoms with Gasteiger partial charge in [0.1, 0.15) is 0 Å². The molecular formula is C13H18ClN3O3S. The zero-order chi connectivity index (χ0) is 15.3. The molecule has 0 radical (unpaired) electrons. The number of benzene rings is 1. The minimum Gasteiger partial charge on any atom is -0.355 e. The van der Waals surface area contributed by atoms with Crippen molar-refractivity contribution in [3.05, 3.63) is 29.3 Å². The van der Waals surface area contributed by atoms with Crippen molar-refractivity contribution >= 4 is 27.5 Å². The average Bonchev–Trinajstić information content (AvgIpc) is 2.97. The summed E-state index contributed by atoms with van der Waals surface area (Å²) in [6, 6.07) is 6.03. The third-order valence-electron chi connectivity index (χ3n) is 3.25. The molecule has 0 aliphatic carbocycles. The molecule has 0 spiro atoms. The molecule has 1 unspecified atom stereocenters. The Hall–Kier alpha value is -1.15. The highest BCUT2D eigenvalue weighted by Crippen LogP contribution is 2.14. The van der Waals surface area contributed by atoms with Crippen LogP contribution in [0.4, 0.5) is 0 Å². The van der Waals surface area contributed by atoms with E-state index in [-0.39, 0.29) is 29.8 Å². The summed E-state index contributed by atoms with van der Waals surface area (Å²) in [5.74, 6) is -0.0588. The molecule has 3 N–H and O–H groups in total. The van der Waals surface area contributed by atoms with Gasteiger partial charge in [0, 0.05) is 24.7 Å². The standard InChI is InChI=1S/C13H18ClN3O3S/c14-11-2-1-3-12(8-11)21(19,20)17-7-6-16-13(18)10-4-5-15-9-10/h1-3,8,10,15,17H,4-7,9H2,(H,16,18). The van der Waals surface area contributed by atoms with Crippen molar-refractivity contribution in [3.63, 3.8) is 0 Å². The predicted octanol–water partition coefficient (Wildman–Crippen LogP) is 0.344. The molecule has 1 amide bonds. The Kier molecular flexibility index (Phi) is 5.58. The molecule has 0 saturated carbocycles. The van der Waals surface area contributed by atoms with Crippen molar-refractivity contribution in [1.29, 1.82) is 0 Å². The van der Waals surface area contributed by atoms with Crippen LogP contribution in [0.15, 0.2) is 29.2 Å². The Morgan fingerprint density at radius 1 is 1.38 bits per heavy atom. The Morgan fingerprint density at radius 2 is 2.19 bits per heavy atom. The van der Waals surface area contributed by atoms with Crippen molar-refractivity contribution in [2.75, 3.05) is 26.2 Å². The molecule has 2 rings (SSSR count). The number of rotatable bonds is 6. The van der Waals surface area contributed by atoms with Gasteiger partial charge in [-0.25, -0.2) is 13.1 Å². The molecule has 1 atom stereocenters. The Labute approximate surface area is 129 Å². The van der Waals surface area contributed by atoms with Crippen molar-refractivity contribution in [2.24, 2.45) is 5.92 Å². The monoisotopic (exact) mass is 331 g/mol. The highest BCUT2D eigenvalue weighted by atomic mass is 35.5. The van der Waals surface area contributed by atoms with E-state index < -0.39 is 10.0 Å². The molecule has 1 aromatic rings. The summed E-state index contributed by atoms with van der Waals surface area (Å²) in [6.07, 6.45) is 0.820. The van der Waals surface area contributed by atoms with Crippen LogP contribution < -0.4 is 15.4 Å². The first-order valence-corrected chi connectivity index (χ1v) is 8.59. The lowest BCUT2D eigenvalue weighted by Gasteiger charge is -2.11. The quantitative estimate of drug-likeness (QED) is 0.656. The van der Waals surface area contributed by atoms with Crippen LogP contribution in [0.2, 0.25) is 5.02 Å². The zero-order valence-electron chi connectivity index (χ0n) is 11.4. The van der Waals surface area contributed by atoms with Crippen molar-refractivity contribution in [3.8, 4) is 0 Å². The molecule has 6 nitrogen and oxygen atoms in total. The van der Waals surface area contributed by atoms with Gasteiger partial charge >= 0.3 is 0 Å². The van der Waals surface area contributed by atoms with E-state index in [9.17, 15) is 13.2 Å². The smallest absolute Gasteiger partial charge is 0.240 e. The molecule has 1 heterocycles. The molecule has 0 aromatic heterocycles. The van der Waals surface area contributed by atoms with E-state index in [1.54, 1.807) is 12.1 Å². The normalized spacial score (nSPS) is 18.6. The minimum atomic E-state index is -3.60.